The highest BCUT2D eigenvalue weighted by atomic mass is 16.5. The summed E-state index contributed by atoms with van der Waals surface area (Å²) in [6, 6.07) is 5.41. The largest absolute Gasteiger partial charge is 0.493 e. The Morgan fingerprint density at radius 2 is 2.00 bits per heavy atom. The quantitative estimate of drug-likeness (QED) is 0.351. The molecule has 150 valence electrons. The number of aliphatic hydroxyl groups is 1. The summed E-state index contributed by atoms with van der Waals surface area (Å²) >= 11 is 0. The van der Waals surface area contributed by atoms with E-state index in [2.05, 4.69) is 21.7 Å². The fraction of sp³-hybridized carbons (Fsp3) is 0.571. The molecule has 1 unspecified atom stereocenters. The Labute approximate surface area is 162 Å². The summed E-state index contributed by atoms with van der Waals surface area (Å²) in [5.41, 5.74) is 2.29. The Hall–Kier alpha value is -2.21. The van der Waals surface area contributed by atoms with Gasteiger partial charge >= 0.3 is 0 Å². The van der Waals surface area contributed by atoms with Crippen molar-refractivity contribution < 1.29 is 14.6 Å². The molecule has 0 amide bonds. The number of aliphatic imine (C=N–C) groups is 1. The summed E-state index contributed by atoms with van der Waals surface area (Å²) < 4.78 is 10.5. The summed E-state index contributed by atoms with van der Waals surface area (Å²) in [5, 5.41) is 17.1. The second-order valence-electron chi connectivity index (χ2n) is 6.63. The molecular formula is C21H33N3O3. The normalized spacial score (nSPS) is 15.7. The van der Waals surface area contributed by atoms with Crippen molar-refractivity contribution in [2.45, 2.75) is 45.1 Å². The lowest BCUT2D eigenvalue weighted by atomic mass is 9.97. The minimum atomic E-state index is -0.707. The van der Waals surface area contributed by atoms with E-state index in [1.807, 2.05) is 13.0 Å². The minimum absolute atomic E-state index is 0.271. The lowest BCUT2D eigenvalue weighted by Gasteiger charge is -2.16. The Morgan fingerprint density at radius 1 is 1.19 bits per heavy atom. The molecule has 0 spiro atoms. The molecule has 0 aliphatic heterocycles. The number of methoxy groups -OCH3 is 2. The Bertz CT molecular complexity index is 644. The van der Waals surface area contributed by atoms with E-state index >= 15 is 0 Å². The van der Waals surface area contributed by atoms with E-state index in [1.165, 1.54) is 31.3 Å². The van der Waals surface area contributed by atoms with E-state index < -0.39 is 6.10 Å². The van der Waals surface area contributed by atoms with Gasteiger partial charge in [-0.2, -0.15) is 0 Å². The summed E-state index contributed by atoms with van der Waals surface area (Å²) in [7, 11) is 3.18. The summed E-state index contributed by atoms with van der Waals surface area (Å²) in [4.78, 5) is 4.52. The van der Waals surface area contributed by atoms with Gasteiger partial charge in [0, 0.05) is 13.1 Å². The number of nitrogens with zero attached hydrogens (tertiary/aromatic N) is 1. The monoisotopic (exact) mass is 375 g/mol. The maximum absolute atomic E-state index is 10.5. The Kier molecular flexibility index (Phi) is 8.98. The number of rotatable bonds is 9. The molecule has 1 aliphatic rings. The molecule has 6 nitrogen and oxygen atoms in total. The van der Waals surface area contributed by atoms with Crippen molar-refractivity contribution in [3.8, 4) is 11.5 Å². The zero-order valence-electron chi connectivity index (χ0n) is 16.8. The van der Waals surface area contributed by atoms with Crippen molar-refractivity contribution in [2.24, 2.45) is 4.99 Å². The van der Waals surface area contributed by atoms with Crippen molar-refractivity contribution in [1.82, 2.24) is 10.6 Å². The SMILES string of the molecule is CCNC(=NCC(O)c1ccc(OC)c(OC)c1)NCCC1=CCCCC1. The van der Waals surface area contributed by atoms with Crippen LogP contribution in [-0.4, -0.2) is 44.9 Å². The fourth-order valence-electron chi connectivity index (χ4n) is 3.16. The van der Waals surface area contributed by atoms with Gasteiger partial charge < -0.3 is 25.2 Å². The molecule has 0 radical (unpaired) electrons. The number of hydrogen-bond donors (Lipinski definition) is 3. The van der Waals surface area contributed by atoms with Crippen molar-refractivity contribution in [2.75, 3.05) is 33.9 Å². The zero-order chi connectivity index (χ0) is 19.5. The van der Waals surface area contributed by atoms with Crippen LogP contribution >= 0.6 is 0 Å². The standard InChI is InChI=1S/C21H33N3O3/c1-4-22-21(23-13-12-16-8-6-5-7-9-16)24-15-18(25)17-10-11-19(26-2)20(14-17)27-3/h8,10-11,14,18,25H,4-7,9,12-13,15H2,1-3H3,(H2,22,23,24). The first kappa shape index (κ1) is 21.1. The van der Waals surface area contributed by atoms with Crippen molar-refractivity contribution in [3.63, 3.8) is 0 Å². The molecule has 6 heteroatoms. The van der Waals surface area contributed by atoms with Crippen LogP contribution in [0.15, 0.2) is 34.8 Å². The van der Waals surface area contributed by atoms with Gasteiger partial charge in [0.25, 0.3) is 0 Å². The predicted octanol–water partition coefficient (Wildman–Crippen LogP) is 3.18. The van der Waals surface area contributed by atoms with Crippen molar-refractivity contribution in [1.29, 1.82) is 0 Å². The lowest BCUT2D eigenvalue weighted by molar-refractivity contribution is 0.186. The molecule has 0 bridgehead atoms. The molecule has 1 aromatic carbocycles. The number of guanidine groups is 1. The van der Waals surface area contributed by atoms with Gasteiger partial charge in [0.2, 0.25) is 0 Å². The Balaban J connectivity index is 1.91. The number of ether oxygens (including phenoxy) is 2. The first-order chi connectivity index (χ1) is 13.2. The molecule has 0 aromatic heterocycles. The second-order valence-corrected chi connectivity index (χ2v) is 6.63. The third-order valence-electron chi connectivity index (χ3n) is 4.68. The van der Waals surface area contributed by atoms with Crippen LogP contribution < -0.4 is 20.1 Å². The van der Waals surface area contributed by atoms with Gasteiger partial charge in [0.1, 0.15) is 0 Å². The zero-order valence-corrected chi connectivity index (χ0v) is 16.8. The summed E-state index contributed by atoms with van der Waals surface area (Å²) in [6.45, 7) is 3.93. The third-order valence-corrected chi connectivity index (χ3v) is 4.68. The van der Waals surface area contributed by atoms with Gasteiger partial charge in [0.05, 0.1) is 26.9 Å². The number of benzene rings is 1. The smallest absolute Gasteiger partial charge is 0.191 e. The molecule has 0 fully saturated rings. The minimum Gasteiger partial charge on any atom is -0.493 e. The highest BCUT2D eigenvalue weighted by Crippen LogP contribution is 2.30. The van der Waals surface area contributed by atoms with Gasteiger partial charge in [-0.05, 0) is 56.7 Å². The Morgan fingerprint density at radius 3 is 2.67 bits per heavy atom. The highest BCUT2D eigenvalue weighted by Gasteiger charge is 2.12. The molecule has 1 aliphatic carbocycles. The number of hydrogen-bond acceptors (Lipinski definition) is 4. The first-order valence-corrected chi connectivity index (χ1v) is 9.78. The molecule has 27 heavy (non-hydrogen) atoms. The van der Waals surface area contributed by atoms with E-state index in [1.54, 1.807) is 26.4 Å². The third kappa shape index (κ3) is 6.79. The second kappa shape index (κ2) is 11.5. The first-order valence-electron chi connectivity index (χ1n) is 9.78. The summed E-state index contributed by atoms with van der Waals surface area (Å²) in [5.74, 6) is 1.97. The molecule has 0 saturated heterocycles. The van der Waals surface area contributed by atoms with Crippen LogP contribution in [0.3, 0.4) is 0 Å². The van der Waals surface area contributed by atoms with Crippen molar-refractivity contribution >= 4 is 5.96 Å². The molecule has 0 heterocycles. The number of nitrogens with one attached hydrogen (secondary N) is 2. The number of allylic oxidation sites excluding steroid dienone is 1. The van der Waals surface area contributed by atoms with Crippen LogP contribution in [0.4, 0.5) is 0 Å². The van der Waals surface area contributed by atoms with Gasteiger partial charge in [-0.25, -0.2) is 0 Å². The van der Waals surface area contributed by atoms with Gasteiger partial charge in [-0.3, -0.25) is 4.99 Å². The van der Waals surface area contributed by atoms with Crippen LogP contribution in [0.5, 0.6) is 11.5 Å². The molecule has 2 rings (SSSR count). The van der Waals surface area contributed by atoms with Gasteiger partial charge in [-0.15, -0.1) is 0 Å². The van der Waals surface area contributed by atoms with E-state index in [0.717, 1.165) is 31.0 Å². The van der Waals surface area contributed by atoms with E-state index in [-0.39, 0.29) is 6.54 Å². The molecule has 0 saturated carbocycles. The maximum Gasteiger partial charge on any atom is 0.191 e. The van der Waals surface area contributed by atoms with Gasteiger partial charge in [0.15, 0.2) is 17.5 Å². The average Bonchev–Trinajstić information content (AvgIpc) is 2.72. The van der Waals surface area contributed by atoms with Gasteiger partial charge in [-0.1, -0.05) is 17.7 Å². The summed E-state index contributed by atoms with van der Waals surface area (Å²) in [6.07, 6.45) is 7.75. The maximum atomic E-state index is 10.5. The molecule has 1 aromatic rings. The van der Waals surface area contributed by atoms with Crippen LogP contribution in [0.2, 0.25) is 0 Å². The molecular weight excluding hydrogens is 342 g/mol. The van der Waals surface area contributed by atoms with Crippen LogP contribution in [0.1, 0.15) is 50.7 Å². The van der Waals surface area contributed by atoms with E-state index in [4.69, 9.17) is 9.47 Å². The van der Waals surface area contributed by atoms with Crippen molar-refractivity contribution in [3.05, 3.63) is 35.4 Å². The van der Waals surface area contributed by atoms with Crippen LogP contribution in [-0.2, 0) is 0 Å². The number of aliphatic hydroxyl groups excluding tert-OH is 1. The lowest BCUT2D eigenvalue weighted by Crippen LogP contribution is -2.38. The van der Waals surface area contributed by atoms with E-state index in [0.29, 0.717) is 11.5 Å². The average molecular weight is 376 g/mol. The highest BCUT2D eigenvalue weighted by molar-refractivity contribution is 5.79. The molecule has 3 N–H and O–H groups in total. The van der Waals surface area contributed by atoms with E-state index in [9.17, 15) is 5.11 Å². The van der Waals surface area contributed by atoms with Crippen LogP contribution in [0.25, 0.3) is 0 Å². The fourth-order valence-corrected chi connectivity index (χ4v) is 3.16. The van der Waals surface area contributed by atoms with Crippen LogP contribution in [0, 0.1) is 0 Å². The molecule has 1 atom stereocenters. The topological polar surface area (TPSA) is 75.1 Å². The predicted molar refractivity (Wildman–Crippen MR) is 110 cm³/mol.